The van der Waals surface area contributed by atoms with Crippen molar-refractivity contribution in [3.05, 3.63) is 0 Å². The first kappa shape index (κ1) is 13.5. The van der Waals surface area contributed by atoms with Gasteiger partial charge in [0.15, 0.2) is 0 Å². The van der Waals surface area contributed by atoms with Gasteiger partial charge < -0.3 is 4.74 Å². The van der Waals surface area contributed by atoms with E-state index in [1.54, 1.807) is 0 Å². The molecule has 0 radical (unpaired) electrons. The van der Waals surface area contributed by atoms with E-state index in [1.807, 2.05) is 13.8 Å². The Morgan fingerprint density at radius 3 is 2.43 bits per heavy atom. The van der Waals surface area contributed by atoms with Gasteiger partial charge in [-0.3, -0.25) is 4.79 Å². The van der Waals surface area contributed by atoms with E-state index >= 15 is 0 Å². The van der Waals surface area contributed by atoms with Crippen LogP contribution in [-0.4, -0.2) is 13.1 Å². The average Bonchev–Trinajstić information content (AvgIpc) is 2.15. The van der Waals surface area contributed by atoms with Gasteiger partial charge in [0.1, 0.15) is 0 Å². The molecule has 0 aliphatic heterocycles. The fraction of sp³-hybridized carbons (Fsp3) is 0.917. The van der Waals surface area contributed by atoms with Crippen LogP contribution in [-0.2, 0) is 9.53 Å². The van der Waals surface area contributed by atoms with Gasteiger partial charge in [-0.05, 0) is 26.2 Å². The second-order valence-corrected chi connectivity index (χ2v) is 4.78. The van der Waals surface area contributed by atoms with Crippen LogP contribution in [0.1, 0.15) is 53.4 Å². The maximum Gasteiger partial charge on any atom is 0.311 e. The summed E-state index contributed by atoms with van der Waals surface area (Å²) in [6, 6.07) is 0. The van der Waals surface area contributed by atoms with Crippen LogP contribution in [0, 0.1) is 11.3 Å². The molecule has 0 saturated carbocycles. The second-order valence-electron chi connectivity index (χ2n) is 4.78. The number of esters is 1. The van der Waals surface area contributed by atoms with Crippen molar-refractivity contribution in [2.75, 3.05) is 7.11 Å². The molecule has 2 nitrogen and oxygen atoms in total. The van der Waals surface area contributed by atoms with Crippen LogP contribution in [0.5, 0.6) is 0 Å². The molecule has 0 saturated heterocycles. The molecule has 0 aromatic carbocycles. The van der Waals surface area contributed by atoms with Gasteiger partial charge >= 0.3 is 5.97 Å². The van der Waals surface area contributed by atoms with E-state index in [1.165, 1.54) is 20.0 Å². The molecular formula is C12H24O2. The van der Waals surface area contributed by atoms with E-state index in [4.69, 9.17) is 4.74 Å². The molecule has 0 amide bonds. The molecule has 0 heterocycles. The quantitative estimate of drug-likeness (QED) is 0.614. The zero-order valence-corrected chi connectivity index (χ0v) is 10.2. The third-order valence-electron chi connectivity index (χ3n) is 2.93. The first-order valence-corrected chi connectivity index (χ1v) is 5.52. The minimum Gasteiger partial charge on any atom is -0.469 e. The first-order chi connectivity index (χ1) is 6.44. The third kappa shape index (κ3) is 4.64. The number of ether oxygens (including phenoxy) is 1. The monoisotopic (exact) mass is 200 g/mol. The van der Waals surface area contributed by atoms with Crippen LogP contribution >= 0.6 is 0 Å². The predicted octanol–water partition coefficient (Wildman–Crippen LogP) is 3.40. The summed E-state index contributed by atoms with van der Waals surface area (Å²) in [4.78, 5) is 11.4. The molecule has 0 aliphatic rings. The van der Waals surface area contributed by atoms with Crippen molar-refractivity contribution >= 4 is 5.97 Å². The normalized spacial score (nSPS) is 13.8. The zero-order valence-electron chi connectivity index (χ0n) is 10.2. The highest BCUT2D eigenvalue weighted by Gasteiger charge is 2.27. The van der Waals surface area contributed by atoms with Crippen molar-refractivity contribution in [1.82, 2.24) is 0 Å². The van der Waals surface area contributed by atoms with Gasteiger partial charge in [0.2, 0.25) is 0 Å². The number of hydrogen-bond acceptors (Lipinski definition) is 2. The van der Waals surface area contributed by atoms with Gasteiger partial charge in [-0.2, -0.15) is 0 Å². The molecular weight excluding hydrogens is 176 g/mol. The van der Waals surface area contributed by atoms with E-state index < -0.39 is 0 Å². The summed E-state index contributed by atoms with van der Waals surface area (Å²) in [5.74, 6) is 0.671. The molecule has 1 unspecified atom stereocenters. The molecule has 0 fully saturated rings. The Bertz CT molecular complexity index is 173. The van der Waals surface area contributed by atoms with E-state index in [0.29, 0.717) is 0 Å². The van der Waals surface area contributed by atoms with Crippen molar-refractivity contribution in [2.24, 2.45) is 11.3 Å². The summed E-state index contributed by atoms with van der Waals surface area (Å²) in [6.45, 7) is 8.37. The maximum absolute atomic E-state index is 11.4. The summed E-state index contributed by atoms with van der Waals surface area (Å²) < 4.78 is 4.76. The van der Waals surface area contributed by atoms with Crippen LogP contribution in [0.2, 0.25) is 0 Å². The van der Waals surface area contributed by atoms with E-state index in [0.717, 1.165) is 18.8 Å². The summed E-state index contributed by atoms with van der Waals surface area (Å²) in [5.41, 5.74) is -0.317. The van der Waals surface area contributed by atoms with Gasteiger partial charge in [0.05, 0.1) is 12.5 Å². The molecule has 84 valence electrons. The lowest BCUT2D eigenvalue weighted by Gasteiger charge is -2.21. The van der Waals surface area contributed by atoms with Crippen molar-refractivity contribution in [1.29, 1.82) is 0 Å². The lowest BCUT2D eigenvalue weighted by molar-refractivity contribution is -0.151. The number of carbonyl (C=O) groups is 1. The minimum absolute atomic E-state index is 0.0957. The molecule has 1 atom stereocenters. The molecule has 0 N–H and O–H groups in total. The van der Waals surface area contributed by atoms with Crippen LogP contribution in [0.3, 0.4) is 0 Å². The highest BCUT2D eigenvalue weighted by molar-refractivity contribution is 5.75. The van der Waals surface area contributed by atoms with Gasteiger partial charge in [-0.1, -0.05) is 33.1 Å². The van der Waals surface area contributed by atoms with Crippen molar-refractivity contribution in [3.8, 4) is 0 Å². The number of rotatable bonds is 6. The molecule has 0 aromatic rings. The standard InChI is InChI=1S/C12H24O2/c1-6-10(2)8-7-9-12(3,4)11(13)14-5/h10H,6-9H2,1-5H3. The molecule has 14 heavy (non-hydrogen) atoms. The van der Waals surface area contributed by atoms with Gasteiger partial charge in [0.25, 0.3) is 0 Å². The Balaban J connectivity index is 3.82. The molecule has 0 aliphatic carbocycles. The number of carbonyl (C=O) groups excluding carboxylic acids is 1. The minimum atomic E-state index is -0.317. The Labute approximate surface area is 88.0 Å². The summed E-state index contributed by atoms with van der Waals surface area (Å²) in [7, 11) is 1.46. The lowest BCUT2D eigenvalue weighted by Crippen LogP contribution is -2.25. The maximum atomic E-state index is 11.4. The largest absolute Gasteiger partial charge is 0.469 e. The van der Waals surface area contributed by atoms with Crippen LogP contribution in [0.25, 0.3) is 0 Å². The van der Waals surface area contributed by atoms with Crippen molar-refractivity contribution in [2.45, 2.75) is 53.4 Å². The van der Waals surface area contributed by atoms with E-state index in [9.17, 15) is 4.79 Å². The molecule has 0 rings (SSSR count). The number of hydrogen-bond donors (Lipinski definition) is 0. The summed E-state index contributed by atoms with van der Waals surface area (Å²) in [6.07, 6.45) is 4.46. The van der Waals surface area contributed by atoms with Crippen LogP contribution in [0.4, 0.5) is 0 Å². The molecule has 0 bridgehead atoms. The molecule has 2 heteroatoms. The fourth-order valence-electron chi connectivity index (χ4n) is 1.47. The van der Waals surface area contributed by atoms with Crippen LogP contribution in [0.15, 0.2) is 0 Å². The zero-order chi connectivity index (χ0) is 11.2. The van der Waals surface area contributed by atoms with Gasteiger partial charge in [-0.15, -0.1) is 0 Å². The smallest absolute Gasteiger partial charge is 0.311 e. The van der Waals surface area contributed by atoms with Crippen molar-refractivity contribution < 1.29 is 9.53 Å². The Hall–Kier alpha value is -0.530. The predicted molar refractivity (Wildman–Crippen MR) is 59.1 cm³/mol. The molecule has 0 spiro atoms. The topological polar surface area (TPSA) is 26.3 Å². The van der Waals surface area contributed by atoms with E-state index in [2.05, 4.69) is 13.8 Å². The Morgan fingerprint density at radius 2 is 2.00 bits per heavy atom. The molecule has 0 aromatic heterocycles. The highest BCUT2D eigenvalue weighted by Crippen LogP contribution is 2.26. The third-order valence-corrected chi connectivity index (χ3v) is 2.93. The lowest BCUT2D eigenvalue weighted by atomic mass is 9.86. The number of methoxy groups -OCH3 is 1. The van der Waals surface area contributed by atoms with Gasteiger partial charge in [-0.25, -0.2) is 0 Å². The highest BCUT2D eigenvalue weighted by atomic mass is 16.5. The van der Waals surface area contributed by atoms with Crippen molar-refractivity contribution in [3.63, 3.8) is 0 Å². The first-order valence-electron chi connectivity index (χ1n) is 5.52. The SMILES string of the molecule is CCC(C)CCCC(C)(C)C(=O)OC. The Kier molecular flexibility index (Phi) is 5.82. The van der Waals surface area contributed by atoms with E-state index in [-0.39, 0.29) is 11.4 Å². The summed E-state index contributed by atoms with van der Waals surface area (Å²) in [5, 5.41) is 0. The van der Waals surface area contributed by atoms with Gasteiger partial charge in [0, 0.05) is 0 Å². The Morgan fingerprint density at radius 1 is 1.43 bits per heavy atom. The average molecular weight is 200 g/mol. The second kappa shape index (κ2) is 6.05. The summed E-state index contributed by atoms with van der Waals surface area (Å²) >= 11 is 0. The fourth-order valence-corrected chi connectivity index (χ4v) is 1.47. The van der Waals surface area contributed by atoms with Crippen LogP contribution < -0.4 is 0 Å².